The van der Waals surface area contributed by atoms with Crippen molar-refractivity contribution in [1.29, 1.82) is 0 Å². The van der Waals surface area contributed by atoms with Crippen LogP contribution in [0.2, 0.25) is 10.0 Å². The molecule has 0 aliphatic heterocycles. The molecule has 0 amide bonds. The highest BCUT2D eigenvalue weighted by molar-refractivity contribution is 7.99. The van der Waals surface area contributed by atoms with Gasteiger partial charge in [0.2, 0.25) is 0 Å². The number of aromatic nitrogens is 2. The van der Waals surface area contributed by atoms with Gasteiger partial charge in [-0.1, -0.05) is 61.7 Å². The molecule has 1 aliphatic rings. The van der Waals surface area contributed by atoms with Crippen LogP contribution in [0.4, 0.5) is 0 Å². The number of halogens is 2. The number of hydrogen-bond donors (Lipinski definition) is 1. The average Bonchev–Trinajstić information content (AvgIpc) is 3.33. The fraction of sp³-hybridized carbons (Fsp3) is 0.550. The molecule has 3 rings (SSSR count). The van der Waals surface area contributed by atoms with E-state index in [9.17, 15) is 5.11 Å². The first-order chi connectivity index (χ1) is 12.5. The van der Waals surface area contributed by atoms with E-state index in [1.54, 1.807) is 17.8 Å². The molecule has 0 spiro atoms. The topological polar surface area (TPSA) is 38.1 Å². The van der Waals surface area contributed by atoms with Gasteiger partial charge in [-0.2, -0.15) is 0 Å². The van der Waals surface area contributed by atoms with Crippen molar-refractivity contribution < 1.29 is 5.11 Å². The van der Waals surface area contributed by atoms with E-state index in [0.717, 1.165) is 41.7 Å². The third-order valence-electron chi connectivity index (χ3n) is 4.64. The second-order valence-electron chi connectivity index (χ2n) is 7.29. The Kier molecular flexibility index (Phi) is 6.95. The molecule has 2 aromatic rings. The summed E-state index contributed by atoms with van der Waals surface area (Å²) >= 11 is 14.1. The summed E-state index contributed by atoms with van der Waals surface area (Å²) in [7, 11) is 0. The summed E-state index contributed by atoms with van der Waals surface area (Å²) in [6, 6.07) is 5.66. The molecule has 1 saturated carbocycles. The Morgan fingerprint density at radius 1 is 1.23 bits per heavy atom. The van der Waals surface area contributed by atoms with Gasteiger partial charge in [0.15, 0.2) is 0 Å². The molecule has 1 N–H and O–H groups in total. The summed E-state index contributed by atoms with van der Waals surface area (Å²) < 4.78 is 2.36. The van der Waals surface area contributed by atoms with E-state index in [4.69, 9.17) is 28.2 Å². The number of imidazole rings is 1. The van der Waals surface area contributed by atoms with Gasteiger partial charge in [-0.05, 0) is 42.9 Å². The second-order valence-corrected chi connectivity index (χ2v) is 9.23. The molecule has 1 aliphatic carbocycles. The molecular weight excluding hydrogens is 387 g/mol. The average molecular weight is 413 g/mol. The predicted molar refractivity (Wildman–Crippen MR) is 110 cm³/mol. The maximum atomic E-state index is 9.26. The molecule has 0 unspecified atom stereocenters. The van der Waals surface area contributed by atoms with Gasteiger partial charge in [-0.25, -0.2) is 4.98 Å². The minimum absolute atomic E-state index is 0.193. The van der Waals surface area contributed by atoms with E-state index in [2.05, 4.69) is 18.4 Å². The highest BCUT2D eigenvalue weighted by atomic mass is 35.5. The van der Waals surface area contributed by atoms with E-state index in [1.165, 1.54) is 24.3 Å². The zero-order valence-corrected chi connectivity index (χ0v) is 17.7. The van der Waals surface area contributed by atoms with Crippen LogP contribution >= 0.6 is 35.0 Å². The highest BCUT2D eigenvalue weighted by Gasteiger charge is 2.24. The number of hydrogen-bond acceptors (Lipinski definition) is 3. The van der Waals surface area contributed by atoms with Gasteiger partial charge in [0.25, 0.3) is 0 Å². The van der Waals surface area contributed by atoms with Gasteiger partial charge >= 0.3 is 0 Å². The first-order valence-corrected chi connectivity index (χ1v) is 10.9. The van der Waals surface area contributed by atoms with Crippen molar-refractivity contribution in [3.8, 4) is 0 Å². The largest absolute Gasteiger partial charge is 0.396 e. The normalized spacial score (nSPS) is 14.4. The Bertz CT molecular complexity index is 736. The summed E-state index contributed by atoms with van der Waals surface area (Å²) in [5, 5.41) is 11.7. The smallest absolute Gasteiger partial charge is 0.109 e. The Labute approximate surface area is 170 Å². The fourth-order valence-electron chi connectivity index (χ4n) is 3.06. The summed E-state index contributed by atoms with van der Waals surface area (Å²) in [5.41, 5.74) is 1.12. The Hall–Kier alpha value is -0.680. The minimum atomic E-state index is 0.193. The number of aryl methyl sites for hydroxylation is 1. The van der Waals surface area contributed by atoms with Crippen LogP contribution in [0.25, 0.3) is 0 Å². The maximum absolute atomic E-state index is 9.26. The monoisotopic (exact) mass is 412 g/mol. The lowest BCUT2D eigenvalue weighted by atomic mass is 10.1. The van der Waals surface area contributed by atoms with Crippen LogP contribution in [0.15, 0.2) is 28.1 Å². The second kappa shape index (κ2) is 9.01. The van der Waals surface area contributed by atoms with Gasteiger partial charge in [0.1, 0.15) is 10.9 Å². The summed E-state index contributed by atoms with van der Waals surface area (Å²) in [6.45, 7) is 5.54. The van der Waals surface area contributed by atoms with Crippen molar-refractivity contribution in [1.82, 2.24) is 9.55 Å². The molecular formula is C20H26Cl2N2OS. The fourth-order valence-corrected chi connectivity index (χ4v) is 5.01. The number of rotatable bonds is 9. The minimum Gasteiger partial charge on any atom is -0.396 e. The first-order valence-electron chi connectivity index (χ1n) is 9.32. The van der Waals surface area contributed by atoms with E-state index >= 15 is 0 Å². The van der Waals surface area contributed by atoms with Gasteiger partial charge in [-0.15, -0.1) is 0 Å². The van der Waals surface area contributed by atoms with Crippen LogP contribution in [0.5, 0.6) is 0 Å². The molecule has 142 valence electrons. The van der Waals surface area contributed by atoms with E-state index in [-0.39, 0.29) is 6.61 Å². The molecule has 1 aromatic heterocycles. The van der Waals surface area contributed by atoms with E-state index < -0.39 is 0 Å². The van der Waals surface area contributed by atoms with Crippen molar-refractivity contribution in [2.45, 2.75) is 68.3 Å². The molecule has 6 heteroatoms. The molecule has 0 radical (unpaired) electrons. The zero-order valence-electron chi connectivity index (χ0n) is 15.3. The Morgan fingerprint density at radius 2 is 1.92 bits per heavy atom. The lowest BCUT2D eigenvalue weighted by Gasteiger charge is -2.13. The number of benzene rings is 1. The Morgan fingerprint density at radius 3 is 2.50 bits per heavy atom. The van der Waals surface area contributed by atoms with Crippen LogP contribution in [0, 0.1) is 5.92 Å². The number of aliphatic hydroxyl groups excluding tert-OH is 1. The van der Waals surface area contributed by atoms with Crippen LogP contribution < -0.4 is 0 Å². The summed E-state index contributed by atoms with van der Waals surface area (Å²) in [6.07, 6.45) is 5.45. The lowest BCUT2D eigenvalue weighted by molar-refractivity contribution is 0.286. The SMILES string of the molecule is CC(C)c1nc(CCCO)n(CCC2CC2)c1Sc1cc(Cl)cc(Cl)c1. The molecule has 0 bridgehead atoms. The van der Waals surface area contributed by atoms with Crippen molar-refractivity contribution in [3.05, 3.63) is 39.8 Å². The van der Waals surface area contributed by atoms with E-state index in [1.807, 2.05) is 12.1 Å². The highest BCUT2D eigenvalue weighted by Crippen LogP contribution is 2.39. The van der Waals surface area contributed by atoms with Gasteiger partial charge in [0.05, 0.1) is 5.69 Å². The van der Waals surface area contributed by atoms with Crippen molar-refractivity contribution in [2.24, 2.45) is 5.92 Å². The van der Waals surface area contributed by atoms with Gasteiger partial charge in [0, 0.05) is 34.5 Å². The van der Waals surface area contributed by atoms with Gasteiger partial charge in [-0.3, -0.25) is 0 Å². The lowest BCUT2D eigenvalue weighted by Crippen LogP contribution is -2.07. The molecule has 0 atom stereocenters. The first kappa shape index (κ1) is 20.1. The molecule has 26 heavy (non-hydrogen) atoms. The van der Waals surface area contributed by atoms with Crippen molar-refractivity contribution in [3.63, 3.8) is 0 Å². The summed E-state index contributed by atoms with van der Waals surface area (Å²) in [4.78, 5) is 5.98. The molecule has 0 saturated heterocycles. The molecule has 1 aromatic carbocycles. The van der Waals surface area contributed by atoms with Crippen molar-refractivity contribution >= 4 is 35.0 Å². The van der Waals surface area contributed by atoms with Gasteiger partial charge < -0.3 is 9.67 Å². The van der Waals surface area contributed by atoms with Crippen LogP contribution in [0.1, 0.15) is 57.0 Å². The third kappa shape index (κ3) is 5.19. The Balaban J connectivity index is 1.96. The van der Waals surface area contributed by atoms with Crippen molar-refractivity contribution in [2.75, 3.05) is 6.61 Å². The third-order valence-corrected chi connectivity index (χ3v) is 6.17. The quantitative estimate of drug-likeness (QED) is 0.533. The maximum Gasteiger partial charge on any atom is 0.109 e. The number of nitrogens with zero attached hydrogens (tertiary/aromatic N) is 2. The standard InChI is InChI=1S/C20H26Cl2N2OS/c1-13(2)19-20(26-17-11-15(21)10-16(22)12-17)24(8-7-14-5-6-14)18(23-19)4-3-9-25/h10-14,25H,3-9H2,1-2H3. The summed E-state index contributed by atoms with van der Waals surface area (Å²) in [5.74, 6) is 2.28. The number of aliphatic hydroxyl groups is 1. The van der Waals surface area contributed by atoms with Crippen LogP contribution in [-0.2, 0) is 13.0 Å². The molecule has 1 heterocycles. The zero-order chi connectivity index (χ0) is 18.7. The van der Waals surface area contributed by atoms with Crippen LogP contribution in [-0.4, -0.2) is 21.3 Å². The molecule has 3 nitrogen and oxygen atoms in total. The van der Waals surface area contributed by atoms with E-state index in [0.29, 0.717) is 16.0 Å². The van der Waals surface area contributed by atoms with Crippen LogP contribution in [0.3, 0.4) is 0 Å². The predicted octanol–water partition coefficient (Wildman–Crippen LogP) is 6.19. The molecule has 1 fully saturated rings.